The van der Waals surface area contributed by atoms with Gasteiger partial charge >= 0.3 is 0 Å². The normalized spacial score (nSPS) is 13.7. The summed E-state index contributed by atoms with van der Waals surface area (Å²) in [6.07, 6.45) is 1.13. The standard InChI is InChI=1S/C16H22ClNS2/c1-5-10-18-15(12-7-9-14(17)20-12)11-6-8-13(19-11)16(2,3)4/h6-9,15,18H,5,10H2,1-4H3. The van der Waals surface area contributed by atoms with Crippen LogP contribution in [0.25, 0.3) is 0 Å². The Balaban J connectivity index is 2.29. The van der Waals surface area contributed by atoms with E-state index in [0.29, 0.717) is 0 Å². The molecular formula is C16H22ClNS2. The van der Waals surface area contributed by atoms with Crippen LogP contribution in [0.15, 0.2) is 24.3 Å². The van der Waals surface area contributed by atoms with Gasteiger partial charge < -0.3 is 5.32 Å². The highest BCUT2D eigenvalue weighted by atomic mass is 35.5. The highest BCUT2D eigenvalue weighted by Gasteiger charge is 2.21. The van der Waals surface area contributed by atoms with Gasteiger partial charge in [0.25, 0.3) is 0 Å². The Hall–Kier alpha value is -0.350. The van der Waals surface area contributed by atoms with Crippen molar-refractivity contribution < 1.29 is 0 Å². The van der Waals surface area contributed by atoms with Crippen molar-refractivity contribution in [1.29, 1.82) is 0 Å². The maximum atomic E-state index is 6.10. The summed E-state index contributed by atoms with van der Waals surface area (Å²) in [5, 5.41) is 3.64. The van der Waals surface area contributed by atoms with E-state index in [1.807, 2.05) is 17.4 Å². The summed E-state index contributed by atoms with van der Waals surface area (Å²) in [5.41, 5.74) is 0.214. The topological polar surface area (TPSA) is 12.0 Å². The van der Waals surface area contributed by atoms with Gasteiger partial charge in [0.05, 0.1) is 10.4 Å². The Bertz CT molecular complexity index is 551. The molecule has 20 heavy (non-hydrogen) atoms. The SMILES string of the molecule is CCCNC(c1ccc(Cl)s1)c1ccc(C(C)(C)C)s1. The van der Waals surface area contributed by atoms with Crippen LogP contribution in [-0.2, 0) is 5.41 Å². The minimum atomic E-state index is 0.214. The Labute approximate surface area is 135 Å². The molecule has 110 valence electrons. The van der Waals surface area contributed by atoms with Gasteiger partial charge in [0, 0.05) is 14.6 Å². The number of nitrogens with one attached hydrogen (secondary N) is 1. The van der Waals surface area contributed by atoms with E-state index in [9.17, 15) is 0 Å². The van der Waals surface area contributed by atoms with Gasteiger partial charge in [-0.05, 0) is 42.6 Å². The highest BCUT2D eigenvalue weighted by Crippen LogP contribution is 2.37. The van der Waals surface area contributed by atoms with Gasteiger partial charge in [-0.2, -0.15) is 0 Å². The number of thiophene rings is 2. The van der Waals surface area contributed by atoms with Gasteiger partial charge in [-0.3, -0.25) is 0 Å². The van der Waals surface area contributed by atoms with E-state index in [1.54, 1.807) is 11.3 Å². The lowest BCUT2D eigenvalue weighted by molar-refractivity contribution is 0.603. The summed E-state index contributed by atoms with van der Waals surface area (Å²) < 4.78 is 0.857. The van der Waals surface area contributed by atoms with Crippen LogP contribution >= 0.6 is 34.3 Å². The summed E-state index contributed by atoms with van der Waals surface area (Å²) in [7, 11) is 0. The zero-order chi connectivity index (χ0) is 14.8. The van der Waals surface area contributed by atoms with Crippen LogP contribution < -0.4 is 5.32 Å². The second-order valence-electron chi connectivity index (χ2n) is 5.98. The highest BCUT2D eigenvalue weighted by molar-refractivity contribution is 7.16. The zero-order valence-electron chi connectivity index (χ0n) is 12.5. The molecular weight excluding hydrogens is 306 g/mol. The molecule has 2 heterocycles. The minimum Gasteiger partial charge on any atom is -0.305 e. The predicted molar refractivity (Wildman–Crippen MR) is 92.5 cm³/mol. The summed E-state index contributed by atoms with van der Waals surface area (Å²) in [5.74, 6) is 0. The Kier molecular flexibility index (Phi) is 5.30. The maximum Gasteiger partial charge on any atom is 0.0931 e. The van der Waals surface area contributed by atoms with E-state index in [1.165, 1.54) is 14.6 Å². The largest absolute Gasteiger partial charge is 0.305 e. The average molecular weight is 328 g/mol. The van der Waals surface area contributed by atoms with Gasteiger partial charge in [-0.1, -0.05) is 39.3 Å². The van der Waals surface area contributed by atoms with E-state index in [0.717, 1.165) is 17.3 Å². The van der Waals surface area contributed by atoms with Gasteiger partial charge in [0.2, 0.25) is 0 Å². The first-order valence-electron chi connectivity index (χ1n) is 7.00. The molecule has 0 saturated carbocycles. The maximum absolute atomic E-state index is 6.10. The van der Waals surface area contributed by atoms with Crippen LogP contribution in [0.1, 0.15) is 54.8 Å². The quantitative estimate of drug-likeness (QED) is 0.726. The van der Waals surface area contributed by atoms with Crippen molar-refractivity contribution >= 4 is 34.3 Å². The van der Waals surface area contributed by atoms with E-state index >= 15 is 0 Å². The molecule has 1 unspecified atom stereocenters. The molecule has 2 aromatic rings. The Morgan fingerprint density at radius 3 is 2.25 bits per heavy atom. The predicted octanol–water partition coefficient (Wildman–Crippen LogP) is 5.85. The zero-order valence-corrected chi connectivity index (χ0v) is 14.9. The van der Waals surface area contributed by atoms with Crippen molar-refractivity contribution in [2.24, 2.45) is 0 Å². The van der Waals surface area contributed by atoms with Crippen molar-refractivity contribution in [3.8, 4) is 0 Å². The smallest absolute Gasteiger partial charge is 0.0931 e. The molecule has 0 aromatic carbocycles. The third-order valence-corrected chi connectivity index (χ3v) is 6.00. The molecule has 0 saturated heterocycles. The van der Waals surface area contributed by atoms with Crippen LogP contribution in [0.4, 0.5) is 0 Å². The molecule has 2 aromatic heterocycles. The number of hydrogen-bond acceptors (Lipinski definition) is 3. The van der Waals surface area contributed by atoms with Crippen molar-refractivity contribution in [3.63, 3.8) is 0 Å². The summed E-state index contributed by atoms with van der Waals surface area (Å²) in [6.45, 7) is 10.0. The number of hydrogen-bond donors (Lipinski definition) is 1. The molecule has 4 heteroatoms. The fraction of sp³-hybridized carbons (Fsp3) is 0.500. The number of rotatable bonds is 5. The third-order valence-electron chi connectivity index (χ3n) is 3.13. The van der Waals surface area contributed by atoms with Crippen LogP contribution in [-0.4, -0.2) is 6.54 Å². The monoisotopic (exact) mass is 327 g/mol. The molecule has 1 nitrogen and oxygen atoms in total. The van der Waals surface area contributed by atoms with E-state index in [2.05, 4.69) is 51.2 Å². The van der Waals surface area contributed by atoms with Crippen LogP contribution in [0.2, 0.25) is 4.34 Å². The minimum absolute atomic E-state index is 0.214. The molecule has 0 fully saturated rings. The van der Waals surface area contributed by atoms with E-state index in [4.69, 9.17) is 11.6 Å². The molecule has 0 spiro atoms. The van der Waals surface area contributed by atoms with Crippen LogP contribution in [0.3, 0.4) is 0 Å². The Morgan fingerprint density at radius 2 is 1.75 bits per heavy atom. The van der Waals surface area contributed by atoms with Gasteiger partial charge in [-0.25, -0.2) is 0 Å². The lowest BCUT2D eigenvalue weighted by Gasteiger charge is -2.17. The molecule has 0 bridgehead atoms. The summed E-state index contributed by atoms with van der Waals surface area (Å²) in [4.78, 5) is 4.10. The third kappa shape index (κ3) is 3.85. The van der Waals surface area contributed by atoms with Gasteiger partial charge in [-0.15, -0.1) is 22.7 Å². The molecule has 1 atom stereocenters. The molecule has 0 amide bonds. The molecule has 0 aliphatic heterocycles. The first-order chi connectivity index (χ1) is 9.41. The van der Waals surface area contributed by atoms with Gasteiger partial charge in [0.15, 0.2) is 0 Å². The lowest BCUT2D eigenvalue weighted by atomic mass is 9.95. The van der Waals surface area contributed by atoms with E-state index in [-0.39, 0.29) is 11.5 Å². The van der Waals surface area contributed by atoms with Crippen molar-refractivity contribution in [2.45, 2.75) is 45.6 Å². The van der Waals surface area contributed by atoms with Crippen molar-refractivity contribution in [3.05, 3.63) is 43.2 Å². The summed E-state index contributed by atoms with van der Waals surface area (Å²) >= 11 is 9.67. The van der Waals surface area contributed by atoms with Crippen LogP contribution in [0.5, 0.6) is 0 Å². The molecule has 0 aliphatic rings. The second kappa shape index (κ2) is 6.61. The number of halogens is 1. The fourth-order valence-electron chi connectivity index (χ4n) is 2.02. The van der Waals surface area contributed by atoms with Gasteiger partial charge in [0.1, 0.15) is 0 Å². The first kappa shape index (κ1) is 16.0. The van der Waals surface area contributed by atoms with Crippen LogP contribution in [0, 0.1) is 0 Å². The second-order valence-corrected chi connectivity index (χ2v) is 8.84. The molecule has 0 aliphatic carbocycles. The van der Waals surface area contributed by atoms with E-state index < -0.39 is 0 Å². The lowest BCUT2D eigenvalue weighted by Crippen LogP contribution is -2.21. The Morgan fingerprint density at radius 1 is 1.10 bits per heavy atom. The average Bonchev–Trinajstić information content (AvgIpc) is 2.99. The molecule has 2 rings (SSSR count). The van der Waals surface area contributed by atoms with Crippen molar-refractivity contribution in [1.82, 2.24) is 5.32 Å². The first-order valence-corrected chi connectivity index (χ1v) is 9.01. The van der Waals surface area contributed by atoms with Crippen molar-refractivity contribution in [2.75, 3.05) is 6.54 Å². The molecule has 0 radical (unpaired) electrons. The fourth-order valence-corrected chi connectivity index (χ4v) is 4.42. The molecule has 1 N–H and O–H groups in total. The summed E-state index contributed by atoms with van der Waals surface area (Å²) in [6, 6.07) is 8.91.